The van der Waals surface area contributed by atoms with Crippen LogP contribution in [0.2, 0.25) is 0 Å². The molecule has 2 N–H and O–H groups in total. The molecule has 0 amide bonds. The van der Waals surface area contributed by atoms with E-state index in [1.54, 1.807) is 12.4 Å². The van der Waals surface area contributed by atoms with Gasteiger partial charge < -0.3 is 10.5 Å². The topological polar surface area (TPSA) is 65.2 Å². The van der Waals surface area contributed by atoms with Gasteiger partial charge in [0, 0.05) is 18.8 Å². The summed E-state index contributed by atoms with van der Waals surface area (Å²) >= 11 is 0. The molecule has 0 spiro atoms. The van der Waals surface area contributed by atoms with Crippen LogP contribution in [0.1, 0.15) is 32.3 Å². The molecule has 4 nitrogen and oxygen atoms in total. The molecule has 1 atom stereocenters. The Balaban J connectivity index is 2.32. The number of nitrogens with two attached hydrogens (primary N) is 1. The fourth-order valence-electron chi connectivity index (χ4n) is 1.87. The van der Waals surface area contributed by atoms with Gasteiger partial charge in [-0.05, 0) is 42.5 Å². The second-order valence-electron chi connectivity index (χ2n) is 4.95. The summed E-state index contributed by atoms with van der Waals surface area (Å²) in [7, 11) is 0. The molecular formula is C14H22N2O2. The number of esters is 1. The molecule has 100 valence electrons. The van der Waals surface area contributed by atoms with Crippen molar-refractivity contribution in [2.75, 3.05) is 6.54 Å². The van der Waals surface area contributed by atoms with E-state index in [2.05, 4.69) is 18.8 Å². The molecular weight excluding hydrogens is 228 g/mol. The molecule has 0 aromatic carbocycles. The van der Waals surface area contributed by atoms with E-state index in [-0.39, 0.29) is 11.9 Å². The molecule has 1 aromatic heterocycles. The number of carbonyl (C=O) groups excluding carboxylic acids is 1. The minimum Gasteiger partial charge on any atom is -0.461 e. The number of aromatic nitrogens is 1. The van der Waals surface area contributed by atoms with E-state index in [0.29, 0.717) is 25.5 Å². The van der Waals surface area contributed by atoms with Gasteiger partial charge in [-0.1, -0.05) is 13.8 Å². The maximum absolute atomic E-state index is 11.7. The van der Waals surface area contributed by atoms with E-state index < -0.39 is 0 Å². The van der Waals surface area contributed by atoms with Gasteiger partial charge in [0.25, 0.3) is 0 Å². The Labute approximate surface area is 109 Å². The van der Waals surface area contributed by atoms with Crippen molar-refractivity contribution in [2.45, 2.75) is 33.3 Å². The first kappa shape index (κ1) is 14.6. The smallest absolute Gasteiger partial charge is 0.306 e. The van der Waals surface area contributed by atoms with Crippen LogP contribution in [-0.4, -0.2) is 17.5 Å². The van der Waals surface area contributed by atoms with Gasteiger partial charge in [-0.3, -0.25) is 9.78 Å². The predicted molar refractivity (Wildman–Crippen MR) is 70.6 cm³/mol. The monoisotopic (exact) mass is 250 g/mol. The normalized spacial score (nSPS) is 12.4. The van der Waals surface area contributed by atoms with Gasteiger partial charge in [0.2, 0.25) is 0 Å². The summed E-state index contributed by atoms with van der Waals surface area (Å²) in [5.74, 6) is 0.587. The van der Waals surface area contributed by atoms with Gasteiger partial charge in [-0.15, -0.1) is 0 Å². The van der Waals surface area contributed by atoms with Crippen LogP contribution in [0.15, 0.2) is 24.5 Å². The highest BCUT2D eigenvalue weighted by Gasteiger charge is 2.15. The molecule has 0 aliphatic heterocycles. The van der Waals surface area contributed by atoms with E-state index in [9.17, 15) is 4.79 Å². The average Bonchev–Trinajstić information content (AvgIpc) is 2.36. The van der Waals surface area contributed by atoms with Crippen molar-refractivity contribution in [3.8, 4) is 0 Å². The predicted octanol–water partition coefficient (Wildman–Crippen LogP) is 2.14. The highest BCUT2D eigenvalue weighted by atomic mass is 16.5. The molecule has 0 bridgehead atoms. The lowest BCUT2D eigenvalue weighted by Gasteiger charge is -2.16. The van der Waals surface area contributed by atoms with Crippen LogP contribution in [0.4, 0.5) is 0 Å². The highest BCUT2D eigenvalue weighted by molar-refractivity contribution is 5.69. The fourth-order valence-corrected chi connectivity index (χ4v) is 1.87. The van der Waals surface area contributed by atoms with Gasteiger partial charge in [0.1, 0.15) is 6.61 Å². The molecule has 0 fully saturated rings. The zero-order valence-corrected chi connectivity index (χ0v) is 11.1. The fraction of sp³-hybridized carbons (Fsp3) is 0.571. The number of rotatable bonds is 7. The number of nitrogens with zero attached hydrogens (tertiary/aromatic N) is 1. The van der Waals surface area contributed by atoms with Crippen molar-refractivity contribution in [1.29, 1.82) is 0 Å². The van der Waals surface area contributed by atoms with Gasteiger partial charge >= 0.3 is 5.97 Å². The summed E-state index contributed by atoms with van der Waals surface area (Å²) in [4.78, 5) is 15.6. The maximum atomic E-state index is 11.7. The number of hydrogen-bond acceptors (Lipinski definition) is 4. The maximum Gasteiger partial charge on any atom is 0.306 e. The van der Waals surface area contributed by atoms with E-state index in [0.717, 1.165) is 12.0 Å². The summed E-state index contributed by atoms with van der Waals surface area (Å²) in [6.45, 7) is 5.10. The zero-order chi connectivity index (χ0) is 13.4. The van der Waals surface area contributed by atoms with Crippen molar-refractivity contribution in [3.63, 3.8) is 0 Å². The molecule has 1 heterocycles. The Morgan fingerprint density at radius 3 is 2.61 bits per heavy atom. The van der Waals surface area contributed by atoms with Gasteiger partial charge in [0.15, 0.2) is 0 Å². The largest absolute Gasteiger partial charge is 0.461 e. The SMILES string of the molecule is CC(C)C[C@H](CN)CC(=O)OCc1ccncc1. The molecule has 0 saturated heterocycles. The van der Waals surface area contributed by atoms with Crippen LogP contribution in [0.3, 0.4) is 0 Å². The lowest BCUT2D eigenvalue weighted by atomic mass is 9.94. The third-order valence-corrected chi connectivity index (χ3v) is 2.74. The number of carbonyl (C=O) groups is 1. The summed E-state index contributed by atoms with van der Waals surface area (Å²) in [5.41, 5.74) is 6.61. The average molecular weight is 250 g/mol. The molecule has 0 saturated carbocycles. The van der Waals surface area contributed by atoms with Crippen molar-refractivity contribution in [3.05, 3.63) is 30.1 Å². The third-order valence-electron chi connectivity index (χ3n) is 2.74. The molecule has 0 aliphatic rings. The van der Waals surface area contributed by atoms with E-state index >= 15 is 0 Å². The summed E-state index contributed by atoms with van der Waals surface area (Å²) in [6.07, 6.45) is 4.73. The minimum atomic E-state index is -0.178. The first-order valence-corrected chi connectivity index (χ1v) is 6.36. The molecule has 4 heteroatoms. The van der Waals surface area contributed by atoms with Crippen LogP contribution >= 0.6 is 0 Å². The second kappa shape index (κ2) is 7.82. The van der Waals surface area contributed by atoms with Crippen LogP contribution in [-0.2, 0) is 16.1 Å². The Morgan fingerprint density at radius 2 is 2.06 bits per heavy atom. The minimum absolute atomic E-state index is 0.178. The number of ether oxygens (including phenoxy) is 1. The lowest BCUT2D eigenvalue weighted by molar-refractivity contribution is -0.146. The second-order valence-corrected chi connectivity index (χ2v) is 4.95. The number of hydrogen-bond donors (Lipinski definition) is 1. The molecule has 1 aromatic rings. The Morgan fingerprint density at radius 1 is 1.39 bits per heavy atom. The van der Waals surface area contributed by atoms with Crippen LogP contribution in [0.25, 0.3) is 0 Å². The van der Waals surface area contributed by atoms with Gasteiger partial charge in [0.05, 0.1) is 0 Å². The van der Waals surface area contributed by atoms with E-state index in [1.807, 2.05) is 12.1 Å². The van der Waals surface area contributed by atoms with Crippen LogP contribution < -0.4 is 5.73 Å². The molecule has 0 aliphatic carbocycles. The summed E-state index contributed by atoms with van der Waals surface area (Å²) in [6, 6.07) is 3.67. The van der Waals surface area contributed by atoms with E-state index in [4.69, 9.17) is 10.5 Å². The zero-order valence-electron chi connectivity index (χ0n) is 11.1. The lowest BCUT2D eigenvalue weighted by Crippen LogP contribution is -2.21. The van der Waals surface area contributed by atoms with Crippen molar-refractivity contribution in [1.82, 2.24) is 4.98 Å². The van der Waals surface area contributed by atoms with Crippen LogP contribution in [0.5, 0.6) is 0 Å². The van der Waals surface area contributed by atoms with E-state index in [1.165, 1.54) is 0 Å². The molecule has 0 radical (unpaired) electrons. The molecule has 18 heavy (non-hydrogen) atoms. The van der Waals surface area contributed by atoms with Gasteiger partial charge in [-0.25, -0.2) is 0 Å². The molecule has 0 unspecified atom stereocenters. The highest BCUT2D eigenvalue weighted by Crippen LogP contribution is 2.15. The first-order valence-electron chi connectivity index (χ1n) is 6.36. The quantitative estimate of drug-likeness (QED) is 0.753. The standard InChI is InChI=1S/C14H22N2O2/c1-11(2)7-13(9-15)8-14(17)18-10-12-3-5-16-6-4-12/h3-6,11,13H,7-10,15H2,1-2H3/t13-/m0/s1. The summed E-state index contributed by atoms with van der Waals surface area (Å²) < 4.78 is 5.22. The molecule has 1 rings (SSSR count). The first-order chi connectivity index (χ1) is 8.61. The number of pyridine rings is 1. The van der Waals surface area contributed by atoms with Crippen LogP contribution in [0, 0.1) is 11.8 Å². The van der Waals surface area contributed by atoms with Crippen molar-refractivity contribution in [2.24, 2.45) is 17.6 Å². The Kier molecular flexibility index (Phi) is 6.36. The summed E-state index contributed by atoms with van der Waals surface area (Å²) in [5, 5.41) is 0. The third kappa shape index (κ3) is 5.77. The Hall–Kier alpha value is -1.42. The Bertz CT molecular complexity index is 352. The van der Waals surface area contributed by atoms with Crippen molar-refractivity contribution < 1.29 is 9.53 Å². The van der Waals surface area contributed by atoms with Crippen molar-refractivity contribution >= 4 is 5.97 Å². The van der Waals surface area contributed by atoms with Gasteiger partial charge in [-0.2, -0.15) is 0 Å².